The summed E-state index contributed by atoms with van der Waals surface area (Å²) in [7, 11) is 0. The molecule has 0 aromatic carbocycles. The van der Waals surface area contributed by atoms with Gasteiger partial charge < -0.3 is 35.9 Å². The average Bonchev–Trinajstić information content (AvgIpc) is 1.80. The Morgan fingerprint density at radius 2 is 1.00 bits per heavy atom. The Bertz CT molecular complexity index is 196. The molecular formula is C6H10FeN2O6. The Hall–Kier alpha value is -1.15. The van der Waals surface area contributed by atoms with Crippen LogP contribution in [0.15, 0.2) is 0 Å². The molecule has 0 spiro atoms. The first kappa shape index (κ1) is 19.4. The van der Waals surface area contributed by atoms with E-state index in [2.05, 4.69) is 0 Å². The van der Waals surface area contributed by atoms with Crippen LogP contribution < -0.4 is 21.5 Å². The first-order chi connectivity index (χ1) is 5.91. The molecule has 15 heavy (non-hydrogen) atoms. The van der Waals surface area contributed by atoms with Crippen molar-refractivity contribution < 1.29 is 46.8 Å². The number of nitrogens with zero attached hydrogens (tertiary/aromatic N) is 1. The molecule has 4 N–H and O–H groups in total. The van der Waals surface area contributed by atoms with E-state index in [1.807, 2.05) is 0 Å². The zero-order chi connectivity index (χ0) is 10.4. The zero-order valence-corrected chi connectivity index (χ0v) is 8.98. The molecule has 88 valence electrons. The molecule has 8 nitrogen and oxygen atoms in total. The molecule has 0 saturated heterocycles. The fourth-order valence-electron chi connectivity index (χ4n) is 0.715. The molecule has 0 amide bonds. The van der Waals surface area contributed by atoms with Gasteiger partial charge in [0.1, 0.15) is 0 Å². The molecule has 0 atom stereocenters. The van der Waals surface area contributed by atoms with Gasteiger partial charge in [0.25, 0.3) is 0 Å². The SMILES string of the molecule is O=C([O-])CN(CC(=O)[O-])CC(=O)[O-].[Fe+2].[NH4+]. The van der Waals surface area contributed by atoms with E-state index < -0.39 is 37.5 Å². The molecule has 0 heterocycles. The van der Waals surface area contributed by atoms with Crippen LogP contribution in [0.1, 0.15) is 0 Å². The molecule has 0 unspecified atom stereocenters. The van der Waals surface area contributed by atoms with Crippen molar-refractivity contribution in [2.75, 3.05) is 19.6 Å². The molecular weight excluding hydrogens is 252 g/mol. The predicted molar refractivity (Wildman–Crippen MR) is 37.4 cm³/mol. The third-order valence-electron chi connectivity index (χ3n) is 1.06. The minimum atomic E-state index is -1.57. The van der Waals surface area contributed by atoms with Crippen molar-refractivity contribution in [3.05, 3.63) is 0 Å². The van der Waals surface area contributed by atoms with Gasteiger partial charge in [-0.15, -0.1) is 0 Å². The second kappa shape index (κ2) is 9.41. The summed E-state index contributed by atoms with van der Waals surface area (Å²) in [4.78, 5) is 30.6. The number of carbonyl (C=O) groups excluding carboxylic acids is 3. The van der Waals surface area contributed by atoms with Gasteiger partial charge in [-0.3, -0.25) is 4.90 Å². The second-order valence-corrected chi connectivity index (χ2v) is 2.26. The summed E-state index contributed by atoms with van der Waals surface area (Å²) >= 11 is 0. The predicted octanol–water partition coefficient (Wildman–Crippen LogP) is -5.09. The van der Waals surface area contributed by atoms with Gasteiger partial charge in [-0.1, -0.05) is 0 Å². The molecule has 0 aromatic rings. The van der Waals surface area contributed by atoms with Crippen LogP contribution in [-0.4, -0.2) is 42.4 Å². The number of aliphatic carboxylic acids is 3. The maximum absolute atomic E-state index is 9.99. The van der Waals surface area contributed by atoms with Crippen LogP contribution in [0.5, 0.6) is 0 Å². The van der Waals surface area contributed by atoms with Gasteiger partial charge in [0.2, 0.25) is 0 Å². The molecule has 0 aliphatic heterocycles. The van der Waals surface area contributed by atoms with Gasteiger partial charge in [0, 0.05) is 19.6 Å². The third-order valence-corrected chi connectivity index (χ3v) is 1.06. The van der Waals surface area contributed by atoms with Crippen LogP contribution in [0.25, 0.3) is 0 Å². The van der Waals surface area contributed by atoms with Gasteiger partial charge in [-0.25, -0.2) is 0 Å². The normalized spacial score (nSPS) is 8.60. The fraction of sp³-hybridized carbons (Fsp3) is 0.500. The van der Waals surface area contributed by atoms with Crippen LogP contribution in [-0.2, 0) is 31.5 Å². The summed E-state index contributed by atoms with van der Waals surface area (Å²) in [6.45, 7) is -2.37. The molecule has 0 radical (unpaired) electrons. The zero-order valence-electron chi connectivity index (χ0n) is 7.87. The Labute approximate surface area is 95.9 Å². The number of rotatable bonds is 6. The fourth-order valence-corrected chi connectivity index (χ4v) is 0.715. The first-order valence-corrected chi connectivity index (χ1v) is 3.23. The Morgan fingerprint density at radius 3 is 1.13 bits per heavy atom. The molecule has 9 heteroatoms. The summed E-state index contributed by atoms with van der Waals surface area (Å²) < 4.78 is 0. The number of carboxylic acids is 3. The van der Waals surface area contributed by atoms with Crippen LogP contribution in [0, 0.1) is 0 Å². The van der Waals surface area contributed by atoms with E-state index in [1.165, 1.54) is 0 Å². The quantitative estimate of drug-likeness (QED) is 0.468. The Balaban J connectivity index is -0.000000720. The number of quaternary nitrogens is 1. The molecule has 0 saturated carbocycles. The van der Waals surface area contributed by atoms with E-state index in [0.29, 0.717) is 4.90 Å². The number of hydrogen-bond acceptors (Lipinski definition) is 7. The monoisotopic (exact) mass is 262 g/mol. The summed E-state index contributed by atoms with van der Waals surface area (Å²) in [6.07, 6.45) is 0. The molecule has 0 fully saturated rings. The van der Waals surface area contributed by atoms with Crippen molar-refractivity contribution in [2.24, 2.45) is 0 Å². The van der Waals surface area contributed by atoms with E-state index in [-0.39, 0.29) is 23.2 Å². The van der Waals surface area contributed by atoms with Gasteiger partial charge in [-0.05, 0) is 0 Å². The van der Waals surface area contributed by atoms with Crippen LogP contribution >= 0.6 is 0 Å². The maximum Gasteiger partial charge on any atom is 2.00 e. The van der Waals surface area contributed by atoms with Crippen molar-refractivity contribution in [1.29, 1.82) is 0 Å². The van der Waals surface area contributed by atoms with Gasteiger partial charge in [0.05, 0.1) is 17.9 Å². The van der Waals surface area contributed by atoms with E-state index in [1.54, 1.807) is 0 Å². The molecule has 0 rings (SSSR count). The van der Waals surface area contributed by atoms with Crippen molar-refractivity contribution in [2.45, 2.75) is 0 Å². The summed E-state index contributed by atoms with van der Waals surface area (Å²) in [5.41, 5.74) is 0. The van der Waals surface area contributed by atoms with E-state index in [9.17, 15) is 29.7 Å². The first-order valence-electron chi connectivity index (χ1n) is 3.23. The van der Waals surface area contributed by atoms with Crippen molar-refractivity contribution in [1.82, 2.24) is 11.1 Å². The number of carbonyl (C=O) groups is 3. The van der Waals surface area contributed by atoms with Crippen molar-refractivity contribution in [3.8, 4) is 0 Å². The molecule has 0 bridgehead atoms. The minimum absolute atomic E-state index is 0. The van der Waals surface area contributed by atoms with E-state index in [0.717, 1.165) is 0 Å². The van der Waals surface area contributed by atoms with E-state index >= 15 is 0 Å². The largest absolute Gasteiger partial charge is 2.00 e. The van der Waals surface area contributed by atoms with Crippen LogP contribution in [0.2, 0.25) is 0 Å². The number of carboxylic acid groups (broad SMARTS) is 3. The minimum Gasteiger partial charge on any atom is -0.549 e. The molecule has 0 aromatic heterocycles. The van der Waals surface area contributed by atoms with Crippen LogP contribution in [0.4, 0.5) is 0 Å². The smallest absolute Gasteiger partial charge is 0.549 e. The number of hydrogen-bond donors (Lipinski definition) is 1. The molecule has 0 aliphatic rings. The van der Waals surface area contributed by atoms with E-state index in [4.69, 9.17) is 0 Å². The van der Waals surface area contributed by atoms with Crippen LogP contribution in [0.3, 0.4) is 0 Å². The van der Waals surface area contributed by atoms with Gasteiger partial charge in [0.15, 0.2) is 0 Å². The third kappa shape index (κ3) is 12.8. The van der Waals surface area contributed by atoms with Gasteiger partial charge in [-0.2, -0.15) is 0 Å². The summed E-state index contributed by atoms with van der Waals surface area (Å²) in [5, 5.41) is 30.0. The summed E-state index contributed by atoms with van der Waals surface area (Å²) in [6, 6.07) is 0. The Morgan fingerprint density at radius 1 is 0.800 bits per heavy atom. The van der Waals surface area contributed by atoms with Gasteiger partial charge >= 0.3 is 17.1 Å². The standard InChI is InChI=1S/C6H9NO6.Fe.H3N/c8-4(9)1-7(2-5(10)11)3-6(12)13;;/h1-3H2,(H,8,9)(H,10,11)(H,12,13);;1H3/q;+2;/p-2. The summed E-state index contributed by atoms with van der Waals surface area (Å²) in [5.74, 6) is -4.70. The van der Waals surface area contributed by atoms with Crippen molar-refractivity contribution in [3.63, 3.8) is 0 Å². The topological polar surface area (TPSA) is 160 Å². The molecule has 0 aliphatic carbocycles. The second-order valence-electron chi connectivity index (χ2n) is 2.26. The maximum atomic E-state index is 9.99. The average molecular weight is 262 g/mol. The Kier molecular flexibility index (Phi) is 12.2. The van der Waals surface area contributed by atoms with Crippen molar-refractivity contribution >= 4 is 17.9 Å².